The van der Waals surface area contributed by atoms with Gasteiger partial charge in [-0.05, 0) is 49.6 Å². The van der Waals surface area contributed by atoms with Crippen molar-refractivity contribution in [1.82, 2.24) is 4.90 Å². The van der Waals surface area contributed by atoms with Crippen molar-refractivity contribution < 1.29 is 9.59 Å². The summed E-state index contributed by atoms with van der Waals surface area (Å²) >= 11 is 0. The average molecular weight is 340 g/mol. The monoisotopic (exact) mass is 339 g/mol. The first-order valence-electron chi connectivity index (χ1n) is 7.91. The number of halogens is 1. The third-order valence-electron chi connectivity index (χ3n) is 4.16. The van der Waals surface area contributed by atoms with Gasteiger partial charge >= 0.3 is 0 Å². The van der Waals surface area contributed by atoms with Crippen molar-refractivity contribution in [2.45, 2.75) is 26.7 Å². The van der Waals surface area contributed by atoms with Crippen LogP contribution in [0, 0.1) is 11.8 Å². The summed E-state index contributed by atoms with van der Waals surface area (Å²) in [6, 6.07) is 7.10. The first-order chi connectivity index (χ1) is 10.5. The molecule has 1 aliphatic heterocycles. The van der Waals surface area contributed by atoms with E-state index in [0.29, 0.717) is 18.0 Å². The van der Waals surface area contributed by atoms with Gasteiger partial charge in [-0.15, -0.1) is 12.4 Å². The third kappa shape index (κ3) is 5.22. The Morgan fingerprint density at radius 1 is 1.22 bits per heavy atom. The van der Waals surface area contributed by atoms with Crippen LogP contribution in [0.25, 0.3) is 0 Å². The summed E-state index contributed by atoms with van der Waals surface area (Å²) in [5, 5.41) is 2.82. The second-order valence-electron chi connectivity index (χ2n) is 6.19. The number of piperidine rings is 1. The molecule has 1 aromatic rings. The lowest BCUT2D eigenvalue weighted by molar-refractivity contribution is -0.118. The lowest BCUT2D eigenvalue weighted by atomic mass is 9.96. The molecule has 6 heteroatoms. The summed E-state index contributed by atoms with van der Waals surface area (Å²) in [6.07, 6.45) is 1.95. The highest BCUT2D eigenvalue weighted by molar-refractivity contribution is 5.96. The predicted octanol–water partition coefficient (Wildman–Crippen LogP) is 2.51. The lowest BCUT2D eigenvalue weighted by Gasteiger charge is -2.31. The van der Waals surface area contributed by atoms with Crippen LogP contribution in [0.15, 0.2) is 24.3 Å². The molecular formula is C17H26ClN3O2. The van der Waals surface area contributed by atoms with E-state index in [4.69, 9.17) is 5.73 Å². The van der Waals surface area contributed by atoms with Crippen LogP contribution in [0.5, 0.6) is 0 Å². The van der Waals surface area contributed by atoms with E-state index in [0.717, 1.165) is 31.6 Å². The van der Waals surface area contributed by atoms with E-state index in [1.807, 2.05) is 18.7 Å². The van der Waals surface area contributed by atoms with Gasteiger partial charge in [0.25, 0.3) is 5.91 Å². The molecule has 3 N–H and O–H groups in total. The highest BCUT2D eigenvalue weighted by Gasteiger charge is 2.22. The molecule has 0 radical (unpaired) electrons. The standard InChI is InChI=1S/C17H25N3O2.ClH/c1-12(2)16(21)19-15-5-3-14(4-6-15)17(22)20-9-7-13(11-18)8-10-20;/h3-6,12-13H,7-11,18H2,1-2H3,(H,19,21);1H. The number of nitrogens with two attached hydrogens (primary N) is 1. The lowest BCUT2D eigenvalue weighted by Crippen LogP contribution is -2.40. The van der Waals surface area contributed by atoms with Crippen LogP contribution in [0.3, 0.4) is 0 Å². The molecule has 2 amide bonds. The Balaban J connectivity index is 0.00000264. The van der Waals surface area contributed by atoms with Gasteiger partial charge in [-0.2, -0.15) is 0 Å². The van der Waals surface area contributed by atoms with E-state index in [-0.39, 0.29) is 30.1 Å². The van der Waals surface area contributed by atoms with Crippen LogP contribution >= 0.6 is 12.4 Å². The number of likely N-dealkylation sites (tertiary alicyclic amines) is 1. The fourth-order valence-corrected chi connectivity index (χ4v) is 2.54. The van der Waals surface area contributed by atoms with Crippen molar-refractivity contribution in [3.05, 3.63) is 29.8 Å². The average Bonchev–Trinajstić information content (AvgIpc) is 2.55. The van der Waals surface area contributed by atoms with E-state index in [1.165, 1.54) is 0 Å². The van der Waals surface area contributed by atoms with E-state index in [2.05, 4.69) is 5.32 Å². The molecule has 1 saturated heterocycles. The Kier molecular flexibility index (Phi) is 7.52. The van der Waals surface area contributed by atoms with Crippen LogP contribution in [0.1, 0.15) is 37.0 Å². The highest BCUT2D eigenvalue weighted by atomic mass is 35.5. The van der Waals surface area contributed by atoms with Gasteiger partial charge in [0.2, 0.25) is 5.91 Å². The number of nitrogens with zero attached hydrogens (tertiary/aromatic N) is 1. The molecule has 0 bridgehead atoms. The molecular weight excluding hydrogens is 314 g/mol. The number of hydrogen-bond acceptors (Lipinski definition) is 3. The van der Waals surface area contributed by atoms with Crippen molar-refractivity contribution in [2.24, 2.45) is 17.6 Å². The largest absolute Gasteiger partial charge is 0.339 e. The zero-order chi connectivity index (χ0) is 16.1. The Hall–Kier alpha value is -1.59. The molecule has 128 valence electrons. The molecule has 1 heterocycles. The maximum absolute atomic E-state index is 12.4. The summed E-state index contributed by atoms with van der Waals surface area (Å²) in [7, 11) is 0. The molecule has 0 saturated carbocycles. The van der Waals surface area contributed by atoms with Crippen molar-refractivity contribution >= 4 is 29.9 Å². The normalized spacial score (nSPS) is 15.2. The van der Waals surface area contributed by atoms with E-state index in [1.54, 1.807) is 24.3 Å². The molecule has 0 aliphatic carbocycles. The van der Waals surface area contributed by atoms with Crippen molar-refractivity contribution in [3.63, 3.8) is 0 Å². The number of rotatable bonds is 4. The number of nitrogens with one attached hydrogen (secondary N) is 1. The van der Waals surface area contributed by atoms with Gasteiger partial charge in [-0.3, -0.25) is 9.59 Å². The van der Waals surface area contributed by atoms with E-state index < -0.39 is 0 Å². The Morgan fingerprint density at radius 3 is 2.26 bits per heavy atom. The maximum Gasteiger partial charge on any atom is 0.253 e. The molecule has 1 aromatic carbocycles. The Labute approximate surface area is 144 Å². The van der Waals surface area contributed by atoms with Crippen molar-refractivity contribution in [3.8, 4) is 0 Å². The Morgan fingerprint density at radius 2 is 1.78 bits per heavy atom. The van der Waals surface area contributed by atoms with E-state index >= 15 is 0 Å². The second-order valence-corrected chi connectivity index (χ2v) is 6.19. The van der Waals surface area contributed by atoms with Gasteiger partial charge in [0, 0.05) is 30.3 Å². The van der Waals surface area contributed by atoms with E-state index in [9.17, 15) is 9.59 Å². The van der Waals surface area contributed by atoms with Crippen LogP contribution in [0.4, 0.5) is 5.69 Å². The quantitative estimate of drug-likeness (QED) is 0.885. The highest BCUT2D eigenvalue weighted by Crippen LogP contribution is 2.19. The molecule has 1 aliphatic rings. The topological polar surface area (TPSA) is 75.4 Å². The molecule has 2 rings (SSSR count). The minimum atomic E-state index is -0.0647. The smallest absolute Gasteiger partial charge is 0.253 e. The van der Waals surface area contributed by atoms with Crippen LogP contribution in [0.2, 0.25) is 0 Å². The SMILES string of the molecule is CC(C)C(=O)Nc1ccc(C(=O)N2CCC(CN)CC2)cc1.Cl. The minimum Gasteiger partial charge on any atom is -0.339 e. The molecule has 0 atom stereocenters. The number of benzene rings is 1. The number of amides is 2. The molecule has 0 unspecified atom stereocenters. The van der Waals surface area contributed by atoms with Crippen molar-refractivity contribution in [1.29, 1.82) is 0 Å². The van der Waals surface area contributed by atoms with Crippen molar-refractivity contribution in [2.75, 3.05) is 25.0 Å². The van der Waals surface area contributed by atoms with Gasteiger partial charge < -0.3 is 16.0 Å². The predicted molar refractivity (Wildman–Crippen MR) is 94.8 cm³/mol. The first-order valence-corrected chi connectivity index (χ1v) is 7.91. The molecule has 23 heavy (non-hydrogen) atoms. The van der Waals surface area contributed by atoms with Gasteiger partial charge in [0.1, 0.15) is 0 Å². The van der Waals surface area contributed by atoms with Gasteiger partial charge in [0.15, 0.2) is 0 Å². The summed E-state index contributed by atoms with van der Waals surface area (Å²) in [6.45, 7) is 5.93. The van der Waals surface area contributed by atoms with Crippen LogP contribution < -0.4 is 11.1 Å². The molecule has 1 fully saturated rings. The third-order valence-corrected chi connectivity index (χ3v) is 4.16. The molecule has 0 aromatic heterocycles. The number of carbonyl (C=O) groups excluding carboxylic acids is 2. The van der Waals surface area contributed by atoms with Crippen LogP contribution in [-0.2, 0) is 4.79 Å². The minimum absolute atomic E-state index is 0. The number of carbonyl (C=O) groups is 2. The number of hydrogen-bond donors (Lipinski definition) is 2. The summed E-state index contributed by atoms with van der Waals surface area (Å²) < 4.78 is 0. The first kappa shape index (κ1) is 19.5. The summed E-state index contributed by atoms with van der Waals surface area (Å²) in [5.41, 5.74) is 7.06. The van der Waals surface area contributed by atoms with Crippen LogP contribution in [-0.4, -0.2) is 36.3 Å². The second kappa shape index (κ2) is 8.89. The maximum atomic E-state index is 12.4. The fourth-order valence-electron chi connectivity index (χ4n) is 2.54. The summed E-state index contributed by atoms with van der Waals surface area (Å²) in [5.74, 6) is 0.503. The zero-order valence-electron chi connectivity index (χ0n) is 13.7. The number of anilines is 1. The zero-order valence-corrected chi connectivity index (χ0v) is 14.6. The molecule has 0 spiro atoms. The van der Waals surface area contributed by atoms with Gasteiger partial charge in [0.05, 0.1) is 0 Å². The fraction of sp³-hybridized carbons (Fsp3) is 0.529. The Bertz CT molecular complexity index is 523. The van der Waals surface area contributed by atoms with Gasteiger partial charge in [-0.25, -0.2) is 0 Å². The molecule has 5 nitrogen and oxygen atoms in total. The van der Waals surface area contributed by atoms with Gasteiger partial charge in [-0.1, -0.05) is 13.8 Å². The summed E-state index contributed by atoms with van der Waals surface area (Å²) in [4.78, 5) is 26.0.